The van der Waals surface area contributed by atoms with Gasteiger partial charge in [-0.3, -0.25) is 4.90 Å². The fourth-order valence-electron chi connectivity index (χ4n) is 4.57. The average molecular weight is 632 g/mol. The summed E-state index contributed by atoms with van der Waals surface area (Å²) in [6, 6.07) is 29.0. The lowest BCUT2D eigenvalue weighted by Crippen LogP contribution is -2.66. The van der Waals surface area contributed by atoms with Crippen LogP contribution in [0.4, 0.5) is 0 Å². The van der Waals surface area contributed by atoms with Crippen molar-refractivity contribution in [1.29, 1.82) is 0 Å². The molecule has 38 heavy (non-hydrogen) atoms. The first-order chi connectivity index (χ1) is 18.2. The van der Waals surface area contributed by atoms with Gasteiger partial charge in [0, 0.05) is 27.1 Å². The Labute approximate surface area is 241 Å². The van der Waals surface area contributed by atoms with E-state index in [1.54, 1.807) is 24.3 Å². The van der Waals surface area contributed by atoms with Gasteiger partial charge in [0.05, 0.1) is 17.0 Å². The summed E-state index contributed by atoms with van der Waals surface area (Å²) < 4.78 is 36.0. The number of hydrogen-bond donors (Lipinski definition) is 1. The van der Waals surface area contributed by atoms with Crippen molar-refractivity contribution in [2.45, 2.75) is 29.9 Å². The molecule has 0 amide bonds. The molecule has 0 saturated carbocycles. The quantitative estimate of drug-likeness (QED) is 0.217. The van der Waals surface area contributed by atoms with Gasteiger partial charge in [-0.05, 0) is 90.8 Å². The molecule has 0 bridgehead atoms. The highest BCUT2D eigenvalue weighted by atomic mass is 79.9. The maximum atomic E-state index is 13.2. The van der Waals surface area contributed by atoms with Gasteiger partial charge in [-0.25, -0.2) is 13.1 Å². The Kier molecular flexibility index (Phi) is 8.14. The number of ether oxygens (including phenoxy) is 1. The lowest BCUT2D eigenvalue weighted by atomic mass is 9.89. The molecule has 0 spiro atoms. The molecular weight excluding hydrogens is 607 g/mol. The number of sulfonamides is 1. The summed E-state index contributed by atoms with van der Waals surface area (Å²) in [5, 5.41) is 1.33. The topological polar surface area (TPSA) is 58.6 Å². The highest BCUT2D eigenvalue weighted by Crippen LogP contribution is 2.37. The van der Waals surface area contributed by atoms with Crippen molar-refractivity contribution >= 4 is 49.2 Å². The van der Waals surface area contributed by atoms with E-state index in [0.29, 0.717) is 28.1 Å². The lowest BCUT2D eigenvalue weighted by Gasteiger charge is -2.50. The Balaban J connectivity index is 1.29. The minimum Gasteiger partial charge on any atom is -0.457 e. The molecule has 4 aromatic rings. The molecular formula is C29H25BrCl2N2O3S. The Morgan fingerprint density at radius 3 is 1.76 bits per heavy atom. The Morgan fingerprint density at radius 1 is 0.816 bits per heavy atom. The standard InChI is InChI=1S/C29H25BrCl2N2O3S/c1-19-28(18-34(19)29(20-2-8-23(31)9-3-20)21-4-10-24(32)11-5-21)33-38(35,36)27-16-14-26(15-17-27)37-25-12-6-22(30)7-13-25/h2-17,19,28-29,33H,18H2,1H3. The highest BCUT2D eigenvalue weighted by Gasteiger charge is 2.42. The van der Waals surface area contributed by atoms with Crippen molar-refractivity contribution in [3.05, 3.63) is 123 Å². The van der Waals surface area contributed by atoms with Crippen LogP contribution in [0.15, 0.2) is 106 Å². The third-order valence-corrected chi connectivity index (χ3v) is 9.24. The molecule has 0 aliphatic carbocycles. The molecule has 1 N–H and O–H groups in total. The number of nitrogens with one attached hydrogen (secondary N) is 1. The zero-order valence-electron chi connectivity index (χ0n) is 20.4. The van der Waals surface area contributed by atoms with Crippen molar-refractivity contribution in [3.8, 4) is 11.5 Å². The van der Waals surface area contributed by atoms with E-state index in [2.05, 4.69) is 25.6 Å². The maximum absolute atomic E-state index is 13.2. The lowest BCUT2D eigenvalue weighted by molar-refractivity contribution is 0.0370. The first-order valence-electron chi connectivity index (χ1n) is 12.0. The third kappa shape index (κ3) is 6.09. The zero-order chi connectivity index (χ0) is 26.9. The van der Waals surface area contributed by atoms with Crippen LogP contribution in [-0.4, -0.2) is 31.9 Å². The fourth-order valence-corrected chi connectivity index (χ4v) is 6.39. The van der Waals surface area contributed by atoms with Gasteiger partial charge in [0.2, 0.25) is 10.0 Å². The molecule has 2 atom stereocenters. The molecule has 9 heteroatoms. The van der Waals surface area contributed by atoms with E-state index in [1.165, 1.54) is 0 Å². The number of nitrogens with zero attached hydrogens (tertiary/aromatic N) is 1. The van der Waals surface area contributed by atoms with E-state index in [1.807, 2.05) is 79.7 Å². The van der Waals surface area contributed by atoms with Crippen molar-refractivity contribution in [3.63, 3.8) is 0 Å². The van der Waals surface area contributed by atoms with E-state index in [9.17, 15) is 8.42 Å². The summed E-state index contributed by atoms with van der Waals surface area (Å²) in [5.41, 5.74) is 2.15. The van der Waals surface area contributed by atoms with Crippen LogP contribution in [0.25, 0.3) is 0 Å². The van der Waals surface area contributed by atoms with Crippen molar-refractivity contribution in [2.24, 2.45) is 0 Å². The van der Waals surface area contributed by atoms with Crippen LogP contribution < -0.4 is 9.46 Å². The van der Waals surface area contributed by atoms with Crippen molar-refractivity contribution in [2.75, 3.05) is 6.54 Å². The van der Waals surface area contributed by atoms with Gasteiger partial charge >= 0.3 is 0 Å². The number of rotatable bonds is 8. The van der Waals surface area contributed by atoms with Crippen LogP contribution in [0.3, 0.4) is 0 Å². The van der Waals surface area contributed by atoms with Crippen molar-refractivity contribution in [1.82, 2.24) is 9.62 Å². The Morgan fingerprint density at radius 2 is 1.29 bits per heavy atom. The molecule has 196 valence electrons. The van der Waals surface area contributed by atoms with E-state index in [0.717, 1.165) is 15.6 Å². The largest absolute Gasteiger partial charge is 0.457 e. The summed E-state index contributed by atoms with van der Waals surface area (Å²) in [6.07, 6.45) is 0. The van der Waals surface area contributed by atoms with Gasteiger partial charge in [-0.15, -0.1) is 0 Å². The first-order valence-corrected chi connectivity index (χ1v) is 15.1. The Bertz CT molecular complexity index is 1450. The summed E-state index contributed by atoms with van der Waals surface area (Å²) in [4.78, 5) is 2.47. The molecule has 5 rings (SSSR count). The summed E-state index contributed by atoms with van der Waals surface area (Å²) >= 11 is 15.7. The van der Waals surface area contributed by atoms with Crippen LogP contribution in [0.2, 0.25) is 10.0 Å². The smallest absolute Gasteiger partial charge is 0.240 e. The van der Waals surface area contributed by atoms with Crippen molar-refractivity contribution < 1.29 is 13.2 Å². The zero-order valence-corrected chi connectivity index (χ0v) is 24.3. The third-order valence-electron chi connectivity index (χ3n) is 6.71. The van der Waals surface area contributed by atoms with Gasteiger partial charge in [-0.2, -0.15) is 0 Å². The second-order valence-electron chi connectivity index (χ2n) is 9.20. The van der Waals surface area contributed by atoms with Crippen LogP contribution in [0.1, 0.15) is 24.1 Å². The summed E-state index contributed by atoms with van der Waals surface area (Å²) in [6.45, 7) is 2.59. The minimum absolute atomic E-state index is 0.0406. The number of halogens is 3. The predicted molar refractivity (Wildman–Crippen MR) is 156 cm³/mol. The SMILES string of the molecule is CC1C(NS(=O)(=O)c2ccc(Oc3ccc(Br)cc3)cc2)CN1C(c1ccc(Cl)cc1)c1ccc(Cl)cc1. The van der Waals surface area contributed by atoms with Gasteiger partial charge in [0.1, 0.15) is 11.5 Å². The second-order valence-corrected chi connectivity index (χ2v) is 12.7. The van der Waals surface area contributed by atoms with Crippen LogP contribution >= 0.6 is 39.1 Å². The normalized spacial score (nSPS) is 17.8. The monoisotopic (exact) mass is 630 g/mol. The molecule has 5 nitrogen and oxygen atoms in total. The first kappa shape index (κ1) is 27.2. The minimum atomic E-state index is -3.71. The number of benzene rings is 4. The van der Waals surface area contributed by atoms with Crippen LogP contribution in [0.5, 0.6) is 11.5 Å². The molecule has 0 radical (unpaired) electrons. The fraction of sp³-hybridized carbons (Fsp3) is 0.172. The van der Waals surface area contributed by atoms with E-state index < -0.39 is 10.0 Å². The van der Waals surface area contributed by atoms with Gasteiger partial charge in [-0.1, -0.05) is 63.4 Å². The molecule has 1 aliphatic rings. The Hall–Kier alpha value is -2.39. The average Bonchev–Trinajstić information content (AvgIpc) is 2.91. The van der Waals surface area contributed by atoms with Crippen LogP contribution in [-0.2, 0) is 10.0 Å². The molecule has 1 fully saturated rings. The van der Waals surface area contributed by atoms with Gasteiger partial charge in [0.15, 0.2) is 0 Å². The van der Waals surface area contributed by atoms with E-state index >= 15 is 0 Å². The molecule has 1 aliphatic heterocycles. The number of hydrogen-bond acceptors (Lipinski definition) is 4. The predicted octanol–water partition coefficient (Wildman–Crippen LogP) is 7.69. The second kappa shape index (κ2) is 11.4. The maximum Gasteiger partial charge on any atom is 0.240 e. The van der Waals surface area contributed by atoms with Crippen LogP contribution in [0, 0.1) is 0 Å². The highest BCUT2D eigenvalue weighted by molar-refractivity contribution is 9.10. The molecule has 0 aromatic heterocycles. The van der Waals surface area contributed by atoms with E-state index in [4.69, 9.17) is 27.9 Å². The summed E-state index contributed by atoms with van der Waals surface area (Å²) in [5.74, 6) is 1.23. The molecule has 1 saturated heterocycles. The van der Waals surface area contributed by atoms with E-state index in [-0.39, 0.29) is 23.0 Å². The number of likely N-dealkylation sites (tertiary alicyclic amines) is 1. The molecule has 2 unspecified atom stereocenters. The van der Waals surface area contributed by atoms with Gasteiger partial charge < -0.3 is 4.74 Å². The molecule has 4 aromatic carbocycles. The summed E-state index contributed by atoms with van der Waals surface area (Å²) in [7, 11) is -3.71. The van der Waals surface area contributed by atoms with Gasteiger partial charge in [0.25, 0.3) is 0 Å². The molecule has 1 heterocycles.